The minimum absolute atomic E-state index is 0.0403. The molecule has 6 nitrogen and oxygen atoms in total. The van der Waals surface area contributed by atoms with Crippen molar-refractivity contribution in [1.82, 2.24) is 0 Å². The molecule has 0 saturated carbocycles. The monoisotopic (exact) mass is 428 g/mol. The van der Waals surface area contributed by atoms with E-state index >= 15 is 0 Å². The van der Waals surface area contributed by atoms with Gasteiger partial charge in [0, 0.05) is 6.42 Å². The molecule has 0 aromatic heterocycles. The summed E-state index contributed by atoms with van der Waals surface area (Å²) < 4.78 is 22.1. The van der Waals surface area contributed by atoms with Crippen LogP contribution in [0.5, 0.6) is 0 Å². The normalized spacial score (nSPS) is 27.3. The van der Waals surface area contributed by atoms with Gasteiger partial charge in [0.1, 0.15) is 24.9 Å². The van der Waals surface area contributed by atoms with Crippen LogP contribution in [0.3, 0.4) is 0 Å². The zero-order valence-electron chi connectivity index (χ0n) is 19.4. The number of rotatable bonds is 16. The summed E-state index contributed by atoms with van der Waals surface area (Å²) >= 11 is 0. The Morgan fingerprint density at radius 3 is 1.93 bits per heavy atom. The number of fused-ring (bicyclic) bond motifs is 1. The average molecular weight is 429 g/mol. The van der Waals surface area contributed by atoms with Crippen LogP contribution in [0.25, 0.3) is 0 Å². The molecule has 0 spiro atoms. The molecule has 2 aliphatic heterocycles. The third-order valence-electron chi connectivity index (χ3n) is 6.01. The molecule has 0 bridgehead atoms. The van der Waals surface area contributed by atoms with E-state index in [-0.39, 0.29) is 12.6 Å². The summed E-state index contributed by atoms with van der Waals surface area (Å²) in [5.74, 6) is -0.986. The van der Waals surface area contributed by atoms with Crippen molar-refractivity contribution in [2.24, 2.45) is 0 Å². The first-order valence-electron chi connectivity index (χ1n) is 12.3. The molecule has 1 N–H and O–H groups in total. The van der Waals surface area contributed by atoms with Crippen LogP contribution >= 0.6 is 0 Å². The van der Waals surface area contributed by atoms with E-state index in [1.165, 1.54) is 70.6 Å². The van der Waals surface area contributed by atoms with Gasteiger partial charge in [-0.2, -0.15) is 0 Å². The highest BCUT2D eigenvalue weighted by molar-refractivity contribution is 5.69. The maximum absolute atomic E-state index is 11.9. The van der Waals surface area contributed by atoms with E-state index in [0.29, 0.717) is 6.42 Å². The van der Waals surface area contributed by atoms with Crippen LogP contribution in [0.15, 0.2) is 0 Å². The van der Waals surface area contributed by atoms with Crippen LogP contribution in [0.4, 0.5) is 0 Å². The maximum Gasteiger partial charge on any atom is 0.305 e. The molecule has 0 radical (unpaired) electrons. The zero-order valence-corrected chi connectivity index (χ0v) is 19.4. The number of hydrogen-bond donors (Lipinski definition) is 1. The first-order chi connectivity index (χ1) is 14.4. The Labute approximate surface area is 183 Å². The smallest absolute Gasteiger partial charge is 0.305 e. The number of carbonyl (C=O) groups is 1. The van der Waals surface area contributed by atoms with E-state index in [1.807, 2.05) is 0 Å². The van der Waals surface area contributed by atoms with Crippen LogP contribution in [0.1, 0.15) is 111 Å². The number of unbranched alkanes of at least 4 members (excludes halogenated alkanes) is 12. The molecular formula is C24H44O6. The van der Waals surface area contributed by atoms with Gasteiger partial charge in [0.15, 0.2) is 12.1 Å². The molecule has 6 heteroatoms. The molecule has 176 valence electrons. The van der Waals surface area contributed by atoms with Gasteiger partial charge in [0.25, 0.3) is 0 Å². The molecule has 30 heavy (non-hydrogen) atoms. The molecule has 2 rings (SSSR count). The lowest BCUT2D eigenvalue weighted by Crippen LogP contribution is -2.37. The predicted octanol–water partition coefficient (Wildman–Crippen LogP) is 5.25. The molecule has 2 heterocycles. The van der Waals surface area contributed by atoms with E-state index < -0.39 is 30.4 Å². The minimum atomic E-state index is -0.846. The van der Waals surface area contributed by atoms with E-state index in [1.54, 1.807) is 13.8 Å². The second-order valence-corrected chi connectivity index (χ2v) is 9.31. The van der Waals surface area contributed by atoms with E-state index in [2.05, 4.69) is 6.92 Å². The Balaban J connectivity index is 1.38. The topological polar surface area (TPSA) is 74.2 Å². The SMILES string of the molecule is CCCCCCCCCCCCCCCC(=O)OC[C@H]1O[C@@H]2OC(C)(C)O[C@@H]2[C@H]1O. The van der Waals surface area contributed by atoms with Crippen LogP contribution in [-0.2, 0) is 23.7 Å². The van der Waals surface area contributed by atoms with Crippen molar-refractivity contribution in [3.63, 3.8) is 0 Å². The fraction of sp³-hybridized carbons (Fsp3) is 0.958. The number of esters is 1. The molecule has 2 fully saturated rings. The summed E-state index contributed by atoms with van der Waals surface area (Å²) in [7, 11) is 0. The Hall–Kier alpha value is -0.690. The number of ether oxygens (including phenoxy) is 4. The van der Waals surface area contributed by atoms with Crippen LogP contribution < -0.4 is 0 Å². The third-order valence-corrected chi connectivity index (χ3v) is 6.01. The fourth-order valence-electron chi connectivity index (χ4n) is 4.23. The fourth-order valence-corrected chi connectivity index (χ4v) is 4.23. The van der Waals surface area contributed by atoms with Crippen molar-refractivity contribution in [2.75, 3.05) is 6.61 Å². The lowest BCUT2D eigenvalue weighted by molar-refractivity contribution is -0.220. The van der Waals surface area contributed by atoms with Crippen molar-refractivity contribution in [3.8, 4) is 0 Å². The second-order valence-electron chi connectivity index (χ2n) is 9.31. The molecule has 2 aliphatic rings. The van der Waals surface area contributed by atoms with Gasteiger partial charge in [0.05, 0.1) is 0 Å². The molecule has 0 aromatic carbocycles. The molecule has 0 unspecified atom stereocenters. The highest BCUT2D eigenvalue weighted by atomic mass is 16.8. The Bertz CT molecular complexity index is 480. The molecule has 0 aliphatic carbocycles. The Kier molecular flexibility index (Phi) is 11.6. The number of aliphatic hydroxyl groups excluding tert-OH is 1. The second kappa shape index (κ2) is 13.7. The largest absolute Gasteiger partial charge is 0.463 e. The Morgan fingerprint density at radius 1 is 0.867 bits per heavy atom. The van der Waals surface area contributed by atoms with Crippen molar-refractivity contribution in [3.05, 3.63) is 0 Å². The van der Waals surface area contributed by atoms with Crippen LogP contribution in [0, 0.1) is 0 Å². The number of hydrogen-bond acceptors (Lipinski definition) is 6. The summed E-state index contributed by atoms with van der Waals surface area (Å²) in [6.45, 7) is 5.87. The van der Waals surface area contributed by atoms with Gasteiger partial charge in [-0.25, -0.2) is 0 Å². The first kappa shape index (κ1) is 25.6. The van der Waals surface area contributed by atoms with Crippen molar-refractivity contribution >= 4 is 5.97 Å². The Morgan fingerprint density at radius 2 is 1.40 bits per heavy atom. The standard InChI is InChI=1S/C24H44O6/c1-4-5-6-7-8-9-10-11-12-13-14-15-16-17-20(25)27-18-19-21(26)22-23(28-19)30-24(2,3)29-22/h19,21-23,26H,4-18H2,1-3H3/t19-,21+,22-,23-/m1/s1. The van der Waals surface area contributed by atoms with Crippen molar-refractivity contribution in [1.29, 1.82) is 0 Å². The molecule has 4 atom stereocenters. The minimum Gasteiger partial charge on any atom is -0.463 e. The summed E-state index contributed by atoms with van der Waals surface area (Å²) in [6, 6.07) is 0. The average Bonchev–Trinajstić information content (AvgIpc) is 3.16. The molecule has 0 amide bonds. The summed E-state index contributed by atoms with van der Waals surface area (Å²) in [6.07, 6.45) is 14.5. The lowest BCUT2D eigenvalue weighted by atomic mass is 10.0. The van der Waals surface area contributed by atoms with Crippen LogP contribution in [-0.4, -0.2) is 48.1 Å². The van der Waals surface area contributed by atoms with Crippen molar-refractivity contribution in [2.45, 2.75) is 141 Å². The van der Waals surface area contributed by atoms with Gasteiger partial charge in [-0.15, -0.1) is 0 Å². The summed E-state index contributed by atoms with van der Waals surface area (Å²) in [5, 5.41) is 10.3. The highest BCUT2D eigenvalue weighted by Gasteiger charge is 2.54. The van der Waals surface area contributed by atoms with Gasteiger partial charge in [-0.1, -0.05) is 84.0 Å². The quantitative estimate of drug-likeness (QED) is 0.267. The zero-order chi connectivity index (χ0) is 21.8. The molecule has 0 aromatic rings. The maximum atomic E-state index is 11.9. The van der Waals surface area contributed by atoms with E-state index in [9.17, 15) is 9.90 Å². The van der Waals surface area contributed by atoms with Gasteiger partial charge >= 0.3 is 5.97 Å². The predicted molar refractivity (Wildman–Crippen MR) is 116 cm³/mol. The van der Waals surface area contributed by atoms with E-state index in [0.717, 1.165) is 12.8 Å². The third kappa shape index (κ3) is 9.21. The van der Waals surface area contributed by atoms with Gasteiger partial charge in [-0.05, 0) is 20.3 Å². The lowest BCUT2D eigenvalue weighted by Gasteiger charge is -2.22. The van der Waals surface area contributed by atoms with Gasteiger partial charge in [-0.3, -0.25) is 4.79 Å². The molecular weight excluding hydrogens is 384 g/mol. The summed E-state index contributed by atoms with van der Waals surface area (Å²) in [5.41, 5.74) is 0. The van der Waals surface area contributed by atoms with Gasteiger partial charge < -0.3 is 24.1 Å². The van der Waals surface area contributed by atoms with E-state index in [4.69, 9.17) is 18.9 Å². The highest BCUT2D eigenvalue weighted by Crippen LogP contribution is 2.37. The van der Waals surface area contributed by atoms with Crippen LogP contribution in [0.2, 0.25) is 0 Å². The first-order valence-corrected chi connectivity index (χ1v) is 12.3. The van der Waals surface area contributed by atoms with Crippen molar-refractivity contribution < 1.29 is 28.8 Å². The number of carbonyl (C=O) groups excluding carboxylic acids is 1. The molecule has 2 saturated heterocycles. The van der Waals surface area contributed by atoms with Gasteiger partial charge in [0.2, 0.25) is 0 Å². The summed E-state index contributed by atoms with van der Waals surface area (Å²) in [4.78, 5) is 11.9. The number of aliphatic hydroxyl groups is 1.